The van der Waals surface area contributed by atoms with E-state index < -0.39 is 0 Å². The third-order valence-corrected chi connectivity index (χ3v) is 3.80. The first-order chi connectivity index (χ1) is 11.3. The highest BCUT2D eigenvalue weighted by Gasteiger charge is 2.20. The monoisotopic (exact) mass is 308 g/mol. The first-order valence-corrected chi connectivity index (χ1v) is 7.52. The molecule has 0 saturated heterocycles. The standard InChI is InChI=1S/C19H20N2O2/c1-14-18(17-12-8-7-9-15(17)13-22-2)19(23-3)21(20-14)16-10-5-4-6-11-16/h4-12H,13H2,1-3H3. The van der Waals surface area contributed by atoms with E-state index in [1.54, 1.807) is 14.2 Å². The van der Waals surface area contributed by atoms with E-state index in [-0.39, 0.29) is 0 Å². The summed E-state index contributed by atoms with van der Waals surface area (Å²) in [6.45, 7) is 2.55. The number of para-hydroxylation sites is 1. The zero-order valence-corrected chi connectivity index (χ0v) is 13.6. The minimum absolute atomic E-state index is 0.551. The fourth-order valence-electron chi connectivity index (χ4n) is 2.79. The molecule has 0 atom stereocenters. The van der Waals surface area contributed by atoms with Gasteiger partial charge in [0.15, 0.2) is 0 Å². The fraction of sp³-hybridized carbons (Fsp3) is 0.211. The average Bonchev–Trinajstić information content (AvgIpc) is 2.93. The summed E-state index contributed by atoms with van der Waals surface area (Å²) in [4.78, 5) is 0. The lowest BCUT2D eigenvalue weighted by Gasteiger charge is -2.11. The minimum atomic E-state index is 0.551. The number of hydrogen-bond acceptors (Lipinski definition) is 3. The second-order valence-corrected chi connectivity index (χ2v) is 5.31. The van der Waals surface area contributed by atoms with Gasteiger partial charge in [0.1, 0.15) is 0 Å². The number of benzene rings is 2. The number of hydrogen-bond donors (Lipinski definition) is 0. The van der Waals surface area contributed by atoms with E-state index in [9.17, 15) is 0 Å². The second-order valence-electron chi connectivity index (χ2n) is 5.31. The molecule has 0 N–H and O–H groups in total. The van der Waals surface area contributed by atoms with Crippen molar-refractivity contribution < 1.29 is 9.47 Å². The van der Waals surface area contributed by atoms with Gasteiger partial charge in [-0.15, -0.1) is 0 Å². The zero-order valence-electron chi connectivity index (χ0n) is 13.6. The van der Waals surface area contributed by atoms with Crippen LogP contribution in [0.15, 0.2) is 54.6 Å². The van der Waals surface area contributed by atoms with E-state index in [0.717, 1.165) is 34.0 Å². The van der Waals surface area contributed by atoms with Gasteiger partial charge in [0.2, 0.25) is 5.88 Å². The summed E-state index contributed by atoms with van der Waals surface area (Å²) in [6, 6.07) is 18.2. The smallest absolute Gasteiger partial charge is 0.224 e. The van der Waals surface area contributed by atoms with Crippen molar-refractivity contribution in [3.8, 4) is 22.7 Å². The summed E-state index contributed by atoms with van der Waals surface area (Å²) in [5.41, 5.74) is 5.11. The summed E-state index contributed by atoms with van der Waals surface area (Å²) >= 11 is 0. The number of rotatable bonds is 5. The maximum absolute atomic E-state index is 5.70. The van der Waals surface area contributed by atoms with Crippen molar-refractivity contribution in [2.24, 2.45) is 0 Å². The van der Waals surface area contributed by atoms with Gasteiger partial charge in [0.25, 0.3) is 0 Å². The summed E-state index contributed by atoms with van der Waals surface area (Å²) < 4.78 is 12.9. The molecule has 4 heteroatoms. The van der Waals surface area contributed by atoms with Gasteiger partial charge in [-0.25, -0.2) is 4.68 Å². The summed E-state index contributed by atoms with van der Waals surface area (Å²) in [5, 5.41) is 4.68. The lowest BCUT2D eigenvalue weighted by atomic mass is 10.0. The number of ether oxygens (including phenoxy) is 2. The van der Waals surface area contributed by atoms with E-state index in [0.29, 0.717) is 6.61 Å². The van der Waals surface area contributed by atoms with Crippen LogP contribution >= 0.6 is 0 Å². The van der Waals surface area contributed by atoms with Crippen LogP contribution < -0.4 is 4.74 Å². The Hall–Kier alpha value is -2.59. The van der Waals surface area contributed by atoms with Gasteiger partial charge >= 0.3 is 0 Å². The van der Waals surface area contributed by atoms with Crippen molar-refractivity contribution in [1.82, 2.24) is 9.78 Å². The molecule has 0 aliphatic rings. The van der Waals surface area contributed by atoms with Gasteiger partial charge < -0.3 is 9.47 Å². The largest absolute Gasteiger partial charge is 0.480 e. The van der Waals surface area contributed by atoms with E-state index >= 15 is 0 Å². The van der Waals surface area contributed by atoms with Crippen LogP contribution in [0.5, 0.6) is 5.88 Å². The maximum Gasteiger partial charge on any atom is 0.224 e. The van der Waals surface area contributed by atoms with Gasteiger partial charge in [0.05, 0.1) is 30.7 Å². The Morgan fingerprint density at radius 3 is 2.35 bits per heavy atom. The van der Waals surface area contributed by atoms with Crippen LogP contribution in [0.4, 0.5) is 0 Å². The molecule has 118 valence electrons. The molecule has 1 aromatic heterocycles. The van der Waals surface area contributed by atoms with Gasteiger partial charge in [0, 0.05) is 7.11 Å². The molecule has 1 heterocycles. The molecule has 0 unspecified atom stereocenters. The number of aryl methyl sites for hydroxylation is 1. The van der Waals surface area contributed by atoms with Gasteiger partial charge in [-0.2, -0.15) is 5.10 Å². The van der Waals surface area contributed by atoms with Crippen molar-refractivity contribution in [2.45, 2.75) is 13.5 Å². The molecule has 0 radical (unpaired) electrons. The van der Waals surface area contributed by atoms with E-state index in [1.807, 2.05) is 54.1 Å². The molecule has 3 aromatic rings. The quantitative estimate of drug-likeness (QED) is 0.714. The van der Waals surface area contributed by atoms with Crippen LogP contribution in [0, 0.1) is 6.92 Å². The van der Waals surface area contributed by atoms with Crippen LogP contribution in [0.1, 0.15) is 11.3 Å². The highest BCUT2D eigenvalue weighted by molar-refractivity contribution is 5.75. The van der Waals surface area contributed by atoms with Crippen molar-refractivity contribution in [3.05, 3.63) is 65.9 Å². The molecular weight excluding hydrogens is 288 g/mol. The Bertz CT molecular complexity index is 794. The highest BCUT2D eigenvalue weighted by atomic mass is 16.5. The Morgan fingerprint density at radius 2 is 1.65 bits per heavy atom. The second kappa shape index (κ2) is 6.67. The molecule has 3 rings (SSSR count). The molecule has 2 aromatic carbocycles. The molecule has 0 aliphatic heterocycles. The SMILES string of the molecule is COCc1ccccc1-c1c(C)nn(-c2ccccc2)c1OC. The Kier molecular flexibility index (Phi) is 4.44. The van der Waals surface area contributed by atoms with Crippen LogP contribution in [0.2, 0.25) is 0 Å². The van der Waals surface area contributed by atoms with Gasteiger partial charge in [-0.3, -0.25) is 0 Å². The number of nitrogens with zero attached hydrogens (tertiary/aromatic N) is 2. The minimum Gasteiger partial charge on any atom is -0.480 e. The van der Waals surface area contributed by atoms with E-state index in [1.165, 1.54) is 0 Å². The summed E-state index contributed by atoms with van der Waals surface area (Å²) in [6.07, 6.45) is 0. The lowest BCUT2D eigenvalue weighted by molar-refractivity contribution is 0.185. The number of aromatic nitrogens is 2. The molecule has 0 aliphatic carbocycles. The first-order valence-electron chi connectivity index (χ1n) is 7.52. The van der Waals surface area contributed by atoms with Gasteiger partial charge in [-0.1, -0.05) is 42.5 Å². The van der Waals surface area contributed by atoms with Crippen molar-refractivity contribution in [2.75, 3.05) is 14.2 Å². The van der Waals surface area contributed by atoms with Crippen LogP contribution in [0.3, 0.4) is 0 Å². The molecule has 0 saturated carbocycles. The third kappa shape index (κ3) is 2.85. The topological polar surface area (TPSA) is 36.3 Å². The van der Waals surface area contributed by atoms with Gasteiger partial charge in [-0.05, 0) is 30.2 Å². The first kappa shape index (κ1) is 15.3. The van der Waals surface area contributed by atoms with Crippen LogP contribution in [-0.2, 0) is 11.3 Å². The van der Waals surface area contributed by atoms with Crippen molar-refractivity contribution >= 4 is 0 Å². The highest BCUT2D eigenvalue weighted by Crippen LogP contribution is 2.37. The molecule has 0 amide bonds. The molecule has 0 spiro atoms. The van der Waals surface area contributed by atoms with Crippen molar-refractivity contribution in [1.29, 1.82) is 0 Å². The Labute approximate surface area is 136 Å². The molecule has 0 bridgehead atoms. The number of methoxy groups -OCH3 is 2. The molecule has 4 nitrogen and oxygen atoms in total. The van der Waals surface area contributed by atoms with Crippen molar-refractivity contribution in [3.63, 3.8) is 0 Å². The lowest BCUT2D eigenvalue weighted by Crippen LogP contribution is -2.00. The molecule has 0 fully saturated rings. The summed E-state index contributed by atoms with van der Waals surface area (Å²) in [5.74, 6) is 0.734. The maximum atomic E-state index is 5.70. The average molecular weight is 308 g/mol. The Balaban J connectivity index is 2.20. The normalized spacial score (nSPS) is 10.7. The molecule has 23 heavy (non-hydrogen) atoms. The third-order valence-electron chi connectivity index (χ3n) is 3.80. The van der Waals surface area contributed by atoms with Crippen LogP contribution in [0.25, 0.3) is 16.8 Å². The molecular formula is C19H20N2O2. The van der Waals surface area contributed by atoms with Crippen LogP contribution in [-0.4, -0.2) is 24.0 Å². The predicted octanol–water partition coefficient (Wildman–Crippen LogP) is 4.00. The predicted molar refractivity (Wildman–Crippen MR) is 91.0 cm³/mol. The van der Waals surface area contributed by atoms with E-state index in [2.05, 4.69) is 17.2 Å². The van der Waals surface area contributed by atoms with E-state index in [4.69, 9.17) is 9.47 Å². The Morgan fingerprint density at radius 1 is 0.957 bits per heavy atom. The summed E-state index contributed by atoms with van der Waals surface area (Å²) in [7, 11) is 3.38. The fourth-order valence-corrected chi connectivity index (χ4v) is 2.79. The zero-order chi connectivity index (χ0) is 16.2.